The molecule has 2 aliphatic heterocycles. The summed E-state index contributed by atoms with van der Waals surface area (Å²) in [6.07, 6.45) is 0.0589. The lowest BCUT2D eigenvalue weighted by molar-refractivity contribution is -0.116. The number of hydrogen-bond donors (Lipinski definition) is 1. The lowest BCUT2D eigenvalue weighted by atomic mass is 10.1. The molecule has 124 valence electrons. The van der Waals surface area contributed by atoms with Crippen LogP contribution in [0.2, 0.25) is 0 Å². The molecule has 2 heterocycles. The topological polar surface area (TPSA) is 61.9 Å². The Morgan fingerprint density at radius 1 is 1.26 bits per heavy atom. The molecule has 6 heteroatoms. The third kappa shape index (κ3) is 3.41. The number of piperazine rings is 1. The SMILES string of the molecule is CC(C)(C)OC(=O)N1CCN2c3ccccc3NC(=O)C[C@H]2C1. The summed E-state index contributed by atoms with van der Waals surface area (Å²) in [4.78, 5) is 28.3. The van der Waals surface area contributed by atoms with Crippen LogP contribution in [0.3, 0.4) is 0 Å². The summed E-state index contributed by atoms with van der Waals surface area (Å²) in [5.74, 6) is -0.0176. The molecule has 1 N–H and O–H groups in total. The number of hydrogen-bond acceptors (Lipinski definition) is 4. The van der Waals surface area contributed by atoms with Crippen molar-refractivity contribution in [3.63, 3.8) is 0 Å². The summed E-state index contributed by atoms with van der Waals surface area (Å²) in [5, 5.41) is 2.95. The van der Waals surface area contributed by atoms with Gasteiger partial charge in [0.1, 0.15) is 5.60 Å². The van der Waals surface area contributed by atoms with Crippen molar-refractivity contribution in [2.45, 2.75) is 38.8 Å². The zero-order valence-corrected chi connectivity index (χ0v) is 13.8. The van der Waals surface area contributed by atoms with E-state index in [1.54, 1.807) is 4.90 Å². The Labute approximate surface area is 136 Å². The lowest BCUT2D eigenvalue weighted by Gasteiger charge is -2.42. The molecule has 23 heavy (non-hydrogen) atoms. The Hall–Kier alpha value is -2.24. The molecular weight excluding hydrogens is 294 g/mol. The number of benzene rings is 1. The van der Waals surface area contributed by atoms with E-state index in [2.05, 4.69) is 10.2 Å². The molecule has 0 radical (unpaired) electrons. The van der Waals surface area contributed by atoms with E-state index in [-0.39, 0.29) is 18.0 Å². The van der Waals surface area contributed by atoms with Crippen LogP contribution in [0, 0.1) is 0 Å². The van der Waals surface area contributed by atoms with Gasteiger partial charge in [-0.15, -0.1) is 0 Å². The number of para-hydroxylation sites is 2. The van der Waals surface area contributed by atoms with Crippen LogP contribution < -0.4 is 10.2 Å². The minimum atomic E-state index is -0.512. The summed E-state index contributed by atoms with van der Waals surface area (Å²) >= 11 is 0. The highest BCUT2D eigenvalue weighted by atomic mass is 16.6. The van der Waals surface area contributed by atoms with Crippen molar-refractivity contribution in [3.05, 3.63) is 24.3 Å². The van der Waals surface area contributed by atoms with Crippen LogP contribution in [0.25, 0.3) is 0 Å². The molecular formula is C17H23N3O3. The van der Waals surface area contributed by atoms with Crippen molar-refractivity contribution in [1.82, 2.24) is 4.90 Å². The molecule has 0 saturated carbocycles. The molecule has 6 nitrogen and oxygen atoms in total. The summed E-state index contributed by atoms with van der Waals surface area (Å²) in [7, 11) is 0. The van der Waals surface area contributed by atoms with E-state index in [9.17, 15) is 9.59 Å². The second-order valence-electron chi connectivity index (χ2n) is 7.04. The number of anilines is 2. The third-order valence-electron chi connectivity index (χ3n) is 4.04. The molecule has 1 aromatic carbocycles. The van der Waals surface area contributed by atoms with E-state index < -0.39 is 5.60 Å². The first kappa shape index (κ1) is 15.6. The average Bonchev–Trinajstić information content (AvgIpc) is 2.59. The highest BCUT2D eigenvalue weighted by Crippen LogP contribution is 2.33. The van der Waals surface area contributed by atoms with Gasteiger partial charge < -0.3 is 19.9 Å². The average molecular weight is 317 g/mol. The zero-order valence-electron chi connectivity index (χ0n) is 13.8. The second kappa shape index (κ2) is 5.76. The molecule has 0 bridgehead atoms. The van der Waals surface area contributed by atoms with Crippen molar-refractivity contribution in [2.75, 3.05) is 29.9 Å². The van der Waals surface area contributed by atoms with Gasteiger partial charge in [0, 0.05) is 26.1 Å². The zero-order chi connectivity index (χ0) is 16.6. The molecule has 0 spiro atoms. The van der Waals surface area contributed by atoms with Crippen LogP contribution in [-0.2, 0) is 9.53 Å². The summed E-state index contributed by atoms with van der Waals surface area (Å²) in [5.41, 5.74) is 1.35. The first-order valence-corrected chi connectivity index (χ1v) is 7.97. The van der Waals surface area contributed by atoms with Crippen molar-refractivity contribution >= 4 is 23.4 Å². The molecule has 1 aromatic rings. The maximum Gasteiger partial charge on any atom is 0.410 e. The smallest absolute Gasteiger partial charge is 0.410 e. The number of rotatable bonds is 0. The van der Waals surface area contributed by atoms with Gasteiger partial charge in [0.25, 0.3) is 0 Å². The summed E-state index contributed by atoms with van der Waals surface area (Å²) < 4.78 is 5.45. The van der Waals surface area contributed by atoms with E-state index in [4.69, 9.17) is 4.74 Å². The molecule has 0 aliphatic carbocycles. The van der Waals surface area contributed by atoms with Gasteiger partial charge in [-0.3, -0.25) is 4.79 Å². The van der Waals surface area contributed by atoms with E-state index in [0.29, 0.717) is 26.1 Å². The van der Waals surface area contributed by atoms with Gasteiger partial charge in [-0.2, -0.15) is 0 Å². The van der Waals surface area contributed by atoms with Gasteiger partial charge in [-0.1, -0.05) is 12.1 Å². The number of carbonyl (C=O) groups is 2. The molecule has 1 atom stereocenters. The Kier molecular flexibility index (Phi) is 3.92. The Bertz CT molecular complexity index is 624. The maximum absolute atomic E-state index is 12.3. The molecule has 0 unspecified atom stereocenters. The van der Waals surface area contributed by atoms with Gasteiger partial charge in [0.15, 0.2) is 0 Å². The summed E-state index contributed by atoms with van der Waals surface area (Å²) in [6.45, 7) is 7.35. The van der Waals surface area contributed by atoms with E-state index in [1.807, 2.05) is 45.0 Å². The first-order valence-electron chi connectivity index (χ1n) is 7.97. The molecule has 1 saturated heterocycles. The Morgan fingerprint density at radius 2 is 2.00 bits per heavy atom. The van der Waals surface area contributed by atoms with Crippen LogP contribution in [0.5, 0.6) is 0 Å². The quantitative estimate of drug-likeness (QED) is 0.798. The molecule has 2 amide bonds. The van der Waals surface area contributed by atoms with Gasteiger partial charge in [0.2, 0.25) is 5.91 Å². The highest BCUT2D eigenvalue weighted by molar-refractivity contribution is 5.96. The predicted molar refractivity (Wildman–Crippen MR) is 88.6 cm³/mol. The van der Waals surface area contributed by atoms with Crippen LogP contribution in [0.1, 0.15) is 27.2 Å². The highest BCUT2D eigenvalue weighted by Gasteiger charge is 2.35. The van der Waals surface area contributed by atoms with E-state index in [0.717, 1.165) is 11.4 Å². The van der Waals surface area contributed by atoms with Crippen molar-refractivity contribution in [1.29, 1.82) is 0 Å². The number of nitrogens with one attached hydrogen (secondary N) is 1. The molecule has 3 rings (SSSR count). The van der Waals surface area contributed by atoms with Gasteiger partial charge in [-0.25, -0.2) is 4.79 Å². The van der Waals surface area contributed by atoms with E-state index in [1.165, 1.54) is 0 Å². The fourth-order valence-electron chi connectivity index (χ4n) is 3.08. The van der Waals surface area contributed by atoms with Crippen molar-refractivity contribution in [2.24, 2.45) is 0 Å². The maximum atomic E-state index is 12.3. The lowest BCUT2D eigenvalue weighted by Crippen LogP contribution is -2.55. The fourth-order valence-corrected chi connectivity index (χ4v) is 3.08. The van der Waals surface area contributed by atoms with Crippen molar-refractivity contribution in [3.8, 4) is 0 Å². The fraction of sp³-hybridized carbons (Fsp3) is 0.529. The van der Waals surface area contributed by atoms with Crippen molar-refractivity contribution < 1.29 is 14.3 Å². The van der Waals surface area contributed by atoms with Crippen LogP contribution in [-0.4, -0.2) is 48.2 Å². The molecule has 1 fully saturated rings. The first-order chi connectivity index (χ1) is 10.8. The number of amides is 2. The molecule has 0 aromatic heterocycles. The predicted octanol–water partition coefficient (Wildman–Crippen LogP) is 2.45. The Balaban J connectivity index is 1.79. The van der Waals surface area contributed by atoms with Crippen LogP contribution in [0.15, 0.2) is 24.3 Å². The molecule has 2 aliphatic rings. The second-order valence-corrected chi connectivity index (χ2v) is 7.04. The van der Waals surface area contributed by atoms with Crippen LogP contribution >= 0.6 is 0 Å². The van der Waals surface area contributed by atoms with E-state index >= 15 is 0 Å². The minimum absolute atomic E-state index is 0.0176. The number of ether oxygens (including phenoxy) is 1. The third-order valence-corrected chi connectivity index (χ3v) is 4.04. The monoisotopic (exact) mass is 317 g/mol. The normalized spacial score (nSPS) is 21.0. The number of fused-ring (bicyclic) bond motifs is 3. The number of nitrogens with zero attached hydrogens (tertiary/aromatic N) is 2. The largest absolute Gasteiger partial charge is 0.444 e. The minimum Gasteiger partial charge on any atom is -0.444 e. The Morgan fingerprint density at radius 3 is 2.74 bits per heavy atom. The van der Waals surface area contributed by atoms with Crippen LogP contribution in [0.4, 0.5) is 16.2 Å². The number of carbonyl (C=O) groups excluding carboxylic acids is 2. The van der Waals surface area contributed by atoms with Gasteiger partial charge in [0.05, 0.1) is 17.4 Å². The van der Waals surface area contributed by atoms with Gasteiger partial charge in [-0.05, 0) is 32.9 Å². The summed E-state index contributed by atoms with van der Waals surface area (Å²) in [6, 6.07) is 7.77. The van der Waals surface area contributed by atoms with Gasteiger partial charge >= 0.3 is 6.09 Å². The standard InChI is InChI=1S/C17H23N3O3/c1-17(2,3)23-16(22)19-8-9-20-12(11-19)10-15(21)18-13-6-4-5-7-14(13)20/h4-7,12H,8-11H2,1-3H3,(H,18,21)/t12-/m0/s1.